The summed E-state index contributed by atoms with van der Waals surface area (Å²) in [5.41, 5.74) is 0.322. The Morgan fingerprint density at radius 3 is 2.61 bits per heavy atom. The van der Waals surface area contributed by atoms with E-state index >= 15 is 0 Å². The van der Waals surface area contributed by atoms with Crippen molar-refractivity contribution in [1.82, 2.24) is 9.99 Å². The number of rotatable bonds is 5. The third-order valence-corrected chi connectivity index (χ3v) is 7.17. The SMILES string of the molecule is N#Cc1ccc(OCC23CC(C(=O)N4N=CCC4c4cc(F)c(Br)c(F)c4)(C2)C3)nc1. The second kappa shape index (κ2) is 7.09. The summed E-state index contributed by atoms with van der Waals surface area (Å²) in [6.07, 6.45) is 5.56. The Hall–Kier alpha value is -2.86. The van der Waals surface area contributed by atoms with Crippen molar-refractivity contribution in [1.29, 1.82) is 5.26 Å². The van der Waals surface area contributed by atoms with Gasteiger partial charge in [-0.05, 0) is 59.0 Å². The summed E-state index contributed by atoms with van der Waals surface area (Å²) >= 11 is 2.88. The van der Waals surface area contributed by atoms with E-state index in [1.165, 1.54) is 23.3 Å². The number of amides is 1. The van der Waals surface area contributed by atoms with Gasteiger partial charge in [-0.2, -0.15) is 10.4 Å². The molecule has 1 aliphatic heterocycles. The summed E-state index contributed by atoms with van der Waals surface area (Å²) in [4.78, 5) is 17.3. The molecule has 1 amide bonds. The molecular weight excluding hydrogens is 470 g/mol. The van der Waals surface area contributed by atoms with E-state index in [1.54, 1.807) is 18.3 Å². The minimum atomic E-state index is -0.702. The van der Waals surface area contributed by atoms with Crippen LogP contribution in [0.3, 0.4) is 0 Å². The van der Waals surface area contributed by atoms with Gasteiger partial charge in [-0.15, -0.1) is 0 Å². The third kappa shape index (κ3) is 3.21. The lowest BCUT2D eigenvalue weighted by atomic mass is 9.35. The molecule has 1 unspecified atom stereocenters. The molecule has 2 bridgehead atoms. The maximum absolute atomic E-state index is 14.0. The number of carbonyl (C=O) groups excluding carboxylic acids is 1. The Morgan fingerprint density at radius 1 is 1.29 bits per heavy atom. The van der Waals surface area contributed by atoms with Gasteiger partial charge in [0, 0.05) is 30.3 Å². The van der Waals surface area contributed by atoms with Crippen molar-refractivity contribution >= 4 is 28.1 Å². The number of aromatic nitrogens is 1. The molecule has 1 aromatic heterocycles. The monoisotopic (exact) mass is 486 g/mol. The summed E-state index contributed by atoms with van der Waals surface area (Å²) in [6, 6.07) is 7.30. The van der Waals surface area contributed by atoms with Gasteiger partial charge >= 0.3 is 0 Å². The first kappa shape index (κ1) is 20.1. The van der Waals surface area contributed by atoms with E-state index in [1.807, 2.05) is 6.07 Å². The Balaban J connectivity index is 1.23. The van der Waals surface area contributed by atoms with E-state index in [0.717, 1.165) is 0 Å². The molecule has 0 spiro atoms. The van der Waals surface area contributed by atoms with E-state index < -0.39 is 23.1 Å². The fourth-order valence-corrected chi connectivity index (χ4v) is 5.26. The predicted octanol–water partition coefficient (Wildman–Crippen LogP) is 4.50. The molecule has 1 aromatic carbocycles. The highest BCUT2D eigenvalue weighted by Crippen LogP contribution is 2.74. The molecule has 1 atom stereocenters. The number of carbonyl (C=O) groups is 1. The van der Waals surface area contributed by atoms with Crippen LogP contribution in [0.25, 0.3) is 0 Å². The zero-order valence-electron chi connectivity index (χ0n) is 16.3. The van der Waals surface area contributed by atoms with Crippen LogP contribution in [0.2, 0.25) is 0 Å². The number of hydrogen-bond donors (Lipinski definition) is 0. The number of halogens is 3. The molecule has 6 rings (SSSR count). The highest BCUT2D eigenvalue weighted by molar-refractivity contribution is 9.10. The standard InChI is InChI=1S/C22H17BrF2N4O2/c23-19-15(24)5-14(6-16(19)25)17-3-4-28-29(17)20(30)22-9-21(10-22,11-22)12-31-18-2-1-13(7-26)8-27-18/h1-2,4-6,8,17H,3,9-12H2. The second-order valence-electron chi connectivity index (χ2n) is 8.59. The fraction of sp³-hybridized carbons (Fsp3) is 0.364. The predicted molar refractivity (Wildman–Crippen MR) is 110 cm³/mol. The van der Waals surface area contributed by atoms with Crippen molar-refractivity contribution < 1.29 is 18.3 Å². The normalized spacial score (nSPS) is 27.9. The van der Waals surface area contributed by atoms with Crippen molar-refractivity contribution in [2.75, 3.05) is 6.61 Å². The molecule has 31 heavy (non-hydrogen) atoms. The minimum absolute atomic E-state index is 0.0556. The van der Waals surface area contributed by atoms with Gasteiger partial charge in [-0.1, -0.05) is 0 Å². The van der Waals surface area contributed by atoms with Crippen molar-refractivity contribution in [3.63, 3.8) is 0 Å². The van der Waals surface area contributed by atoms with Crippen LogP contribution in [0.1, 0.15) is 42.9 Å². The molecule has 6 nitrogen and oxygen atoms in total. The molecule has 9 heteroatoms. The van der Waals surface area contributed by atoms with Crippen LogP contribution in [0.5, 0.6) is 5.88 Å². The van der Waals surface area contributed by atoms with Gasteiger partial charge in [0.25, 0.3) is 0 Å². The van der Waals surface area contributed by atoms with E-state index in [9.17, 15) is 13.6 Å². The maximum atomic E-state index is 14.0. The summed E-state index contributed by atoms with van der Waals surface area (Å²) in [5, 5.41) is 14.4. The Kier molecular flexibility index (Phi) is 4.59. The first-order valence-corrected chi connectivity index (χ1v) is 10.6. The molecule has 3 saturated carbocycles. The Bertz CT molecular complexity index is 1100. The van der Waals surface area contributed by atoms with Gasteiger partial charge in [-0.3, -0.25) is 4.79 Å². The van der Waals surface area contributed by atoms with Crippen molar-refractivity contribution in [3.8, 4) is 11.9 Å². The van der Waals surface area contributed by atoms with Gasteiger partial charge in [0.15, 0.2) is 0 Å². The molecular formula is C22H17BrF2N4O2. The third-order valence-electron chi connectivity index (χ3n) is 6.41. The molecule has 0 saturated heterocycles. The first-order chi connectivity index (χ1) is 14.8. The molecule has 2 aromatic rings. The van der Waals surface area contributed by atoms with Gasteiger partial charge in [0.2, 0.25) is 11.8 Å². The van der Waals surface area contributed by atoms with Crippen LogP contribution in [-0.2, 0) is 4.79 Å². The first-order valence-electron chi connectivity index (χ1n) is 9.84. The second-order valence-corrected chi connectivity index (χ2v) is 9.39. The van der Waals surface area contributed by atoms with Gasteiger partial charge in [0.1, 0.15) is 17.7 Å². The van der Waals surface area contributed by atoms with Crippen LogP contribution in [-0.4, -0.2) is 28.7 Å². The van der Waals surface area contributed by atoms with Crippen LogP contribution >= 0.6 is 15.9 Å². The molecule has 0 radical (unpaired) electrons. The molecule has 158 valence electrons. The van der Waals surface area contributed by atoms with Crippen molar-refractivity contribution in [3.05, 3.63) is 57.7 Å². The number of benzene rings is 1. The number of hydrogen-bond acceptors (Lipinski definition) is 5. The average Bonchev–Trinajstić information content (AvgIpc) is 3.20. The average molecular weight is 487 g/mol. The topological polar surface area (TPSA) is 78.6 Å². The van der Waals surface area contributed by atoms with Crippen LogP contribution in [0.15, 0.2) is 40.0 Å². The number of hydrazone groups is 1. The fourth-order valence-electron chi connectivity index (χ4n) is 5.03. The number of ether oxygens (including phenoxy) is 1. The van der Waals surface area contributed by atoms with E-state index in [0.29, 0.717) is 49.3 Å². The van der Waals surface area contributed by atoms with E-state index in [-0.39, 0.29) is 15.8 Å². The van der Waals surface area contributed by atoms with Gasteiger partial charge < -0.3 is 4.74 Å². The summed E-state index contributed by atoms with van der Waals surface area (Å²) in [5.74, 6) is -1.05. The number of nitrogens with zero attached hydrogens (tertiary/aromatic N) is 4. The molecule has 3 aliphatic carbocycles. The number of pyridine rings is 1. The largest absolute Gasteiger partial charge is 0.477 e. The van der Waals surface area contributed by atoms with Gasteiger partial charge in [0.05, 0.1) is 28.1 Å². The van der Waals surface area contributed by atoms with Crippen LogP contribution < -0.4 is 4.74 Å². The maximum Gasteiger partial charge on any atom is 0.249 e. The quantitative estimate of drug-likeness (QED) is 0.582. The summed E-state index contributed by atoms with van der Waals surface area (Å²) in [6.45, 7) is 0.455. The lowest BCUT2D eigenvalue weighted by Crippen LogP contribution is -2.69. The van der Waals surface area contributed by atoms with Crippen LogP contribution in [0.4, 0.5) is 8.78 Å². The highest BCUT2D eigenvalue weighted by atomic mass is 79.9. The Labute approximate surface area is 185 Å². The van der Waals surface area contributed by atoms with E-state index in [2.05, 4.69) is 26.0 Å². The van der Waals surface area contributed by atoms with E-state index in [4.69, 9.17) is 10.00 Å². The summed E-state index contributed by atoms with van der Waals surface area (Å²) < 4.78 is 33.5. The van der Waals surface area contributed by atoms with Crippen molar-refractivity contribution in [2.45, 2.75) is 31.7 Å². The molecule has 3 fully saturated rings. The smallest absolute Gasteiger partial charge is 0.249 e. The summed E-state index contributed by atoms with van der Waals surface area (Å²) in [7, 11) is 0. The lowest BCUT2D eigenvalue weighted by molar-refractivity contribution is -0.227. The highest BCUT2D eigenvalue weighted by Gasteiger charge is 2.73. The van der Waals surface area contributed by atoms with Gasteiger partial charge in [-0.25, -0.2) is 18.8 Å². The molecule has 2 heterocycles. The molecule has 0 N–H and O–H groups in total. The zero-order valence-corrected chi connectivity index (χ0v) is 17.9. The zero-order chi connectivity index (χ0) is 21.8. The number of nitriles is 1. The van der Waals surface area contributed by atoms with Crippen molar-refractivity contribution in [2.24, 2.45) is 15.9 Å². The van der Waals surface area contributed by atoms with Crippen LogP contribution in [0, 0.1) is 33.8 Å². The lowest BCUT2D eigenvalue weighted by Gasteiger charge is -2.69. The molecule has 4 aliphatic rings. The minimum Gasteiger partial charge on any atom is -0.477 e. The Morgan fingerprint density at radius 2 is 2.00 bits per heavy atom.